The molecule has 2 heterocycles. The van der Waals surface area contributed by atoms with Crippen molar-refractivity contribution in [3.63, 3.8) is 0 Å². The average molecular weight is 236 g/mol. The van der Waals surface area contributed by atoms with Gasteiger partial charge in [-0.25, -0.2) is 0 Å². The highest BCUT2D eigenvalue weighted by Crippen LogP contribution is 2.28. The van der Waals surface area contributed by atoms with Crippen LogP contribution in [0.1, 0.15) is 6.42 Å². The molecule has 1 aromatic heterocycles. The SMILES string of the molecule is COc1ccc(N)c(N2CCC(C(N)=O)C2)n1. The number of primary amides is 1. The van der Waals surface area contributed by atoms with E-state index < -0.39 is 0 Å². The van der Waals surface area contributed by atoms with Gasteiger partial charge < -0.3 is 21.1 Å². The number of hydrogen-bond acceptors (Lipinski definition) is 5. The van der Waals surface area contributed by atoms with Crippen molar-refractivity contribution in [3.8, 4) is 5.88 Å². The highest BCUT2D eigenvalue weighted by Gasteiger charge is 2.28. The van der Waals surface area contributed by atoms with Gasteiger partial charge in [0.05, 0.1) is 18.7 Å². The van der Waals surface area contributed by atoms with Crippen LogP contribution in [0.15, 0.2) is 12.1 Å². The van der Waals surface area contributed by atoms with E-state index in [0.717, 1.165) is 13.0 Å². The van der Waals surface area contributed by atoms with Crippen LogP contribution in [-0.2, 0) is 4.79 Å². The van der Waals surface area contributed by atoms with E-state index in [-0.39, 0.29) is 11.8 Å². The van der Waals surface area contributed by atoms with Crippen LogP contribution in [0, 0.1) is 5.92 Å². The molecule has 0 saturated carbocycles. The predicted octanol–water partition coefficient (Wildman–Crippen LogP) is -0.0160. The summed E-state index contributed by atoms with van der Waals surface area (Å²) in [6.07, 6.45) is 0.744. The molecular formula is C11H16N4O2. The Kier molecular flexibility index (Phi) is 3.03. The summed E-state index contributed by atoms with van der Waals surface area (Å²) in [7, 11) is 1.55. The van der Waals surface area contributed by atoms with E-state index in [1.807, 2.05) is 4.90 Å². The van der Waals surface area contributed by atoms with Crippen LogP contribution in [0.3, 0.4) is 0 Å². The zero-order valence-corrected chi connectivity index (χ0v) is 9.72. The van der Waals surface area contributed by atoms with Crippen LogP contribution in [0.2, 0.25) is 0 Å². The molecule has 17 heavy (non-hydrogen) atoms. The number of rotatable bonds is 3. The Morgan fingerprint density at radius 1 is 1.59 bits per heavy atom. The van der Waals surface area contributed by atoms with Gasteiger partial charge in [0.15, 0.2) is 5.82 Å². The molecule has 2 rings (SSSR count). The standard InChI is InChI=1S/C11H16N4O2/c1-17-9-3-2-8(12)11(14-9)15-5-4-7(6-15)10(13)16/h2-3,7H,4-6,12H2,1H3,(H2,13,16). The maximum Gasteiger partial charge on any atom is 0.222 e. The van der Waals surface area contributed by atoms with Gasteiger partial charge in [0.1, 0.15) is 0 Å². The fourth-order valence-corrected chi connectivity index (χ4v) is 1.99. The summed E-state index contributed by atoms with van der Waals surface area (Å²) in [5.74, 6) is 0.779. The quantitative estimate of drug-likeness (QED) is 0.769. The first-order valence-corrected chi connectivity index (χ1v) is 5.46. The van der Waals surface area contributed by atoms with E-state index in [1.165, 1.54) is 0 Å². The maximum atomic E-state index is 11.1. The van der Waals surface area contributed by atoms with Gasteiger partial charge in [-0.15, -0.1) is 0 Å². The molecule has 0 bridgehead atoms. The third-order valence-corrected chi connectivity index (χ3v) is 2.98. The zero-order chi connectivity index (χ0) is 12.4. The molecule has 1 unspecified atom stereocenters. The summed E-state index contributed by atoms with van der Waals surface area (Å²) in [4.78, 5) is 17.4. The monoisotopic (exact) mass is 236 g/mol. The Balaban J connectivity index is 2.20. The van der Waals surface area contributed by atoms with Gasteiger partial charge in [0.2, 0.25) is 11.8 Å². The van der Waals surface area contributed by atoms with Crippen LogP contribution in [0.5, 0.6) is 5.88 Å². The molecule has 0 aliphatic carbocycles. The number of carbonyl (C=O) groups excluding carboxylic acids is 1. The minimum absolute atomic E-state index is 0.123. The summed E-state index contributed by atoms with van der Waals surface area (Å²) in [5, 5.41) is 0. The molecule has 6 nitrogen and oxygen atoms in total. The number of nitrogens with zero attached hydrogens (tertiary/aromatic N) is 2. The second kappa shape index (κ2) is 4.48. The van der Waals surface area contributed by atoms with Crippen molar-refractivity contribution in [2.45, 2.75) is 6.42 Å². The van der Waals surface area contributed by atoms with E-state index in [0.29, 0.717) is 23.9 Å². The number of aromatic nitrogens is 1. The number of anilines is 2. The number of ether oxygens (including phenoxy) is 1. The van der Waals surface area contributed by atoms with Crippen molar-refractivity contribution in [1.29, 1.82) is 0 Å². The number of nitrogen functional groups attached to an aromatic ring is 1. The molecule has 1 saturated heterocycles. The first kappa shape index (κ1) is 11.5. The third-order valence-electron chi connectivity index (χ3n) is 2.98. The van der Waals surface area contributed by atoms with Crippen LogP contribution in [-0.4, -0.2) is 31.1 Å². The highest BCUT2D eigenvalue weighted by atomic mass is 16.5. The molecule has 6 heteroatoms. The van der Waals surface area contributed by atoms with Gasteiger partial charge in [-0.1, -0.05) is 0 Å². The van der Waals surface area contributed by atoms with E-state index in [1.54, 1.807) is 19.2 Å². The number of methoxy groups -OCH3 is 1. The molecule has 0 aromatic carbocycles. The van der Waals surface area contributed by atoms with Crippen molar-refractivity contribution in [2.75, 3.05) is 30.8 Å². The van der Waals surface area contributed by atoms with Gasteiger partial charge in [-0.2, -0.15) is 4.98 Å². The second-order valence-electron chi connectivity index (χ2n) is 4.10. The van der Waals surface area contributed by atoms with Crippen molar-refractivity contribution < 1.29 is 9.53 Å². The van der Waals surface area contributed by atoms with Crippen molar-refractivity contribution >= 4 is 17.4 Å². The van der Waals surface area contributed by atoms with Crippen molar-refractivity contribution in [3.05, 3.63) is 12.1 Å². The number of hydrogen-bond donors (Lipinski definition) is 2. The Labute approximate surface area is 99.5 Å². The predicted molar refractivity (Wildman–Crippen MR) is 64.7 cm³/mol. The summed E-state index contributed by atoms with van der Waals surface area (Å²) in [5.41, 5.74) is 11.7. The fraction of sp³-hybridized carbons (Fsp3) is 0.455. The lowest BCUT2D eigenvalue weighted by atomic mass is 10.1. The maximum absolute atomic E-state index is 11.1. The minimum atomic E-state index is -0.269. The topological polar surface area (TPSA) is 94.5 Å². The molecule has 1 amide bonds. The normalized spacial score (nSPS) is 19.4. The number of nitrogens with two attached hydrogens (primary N) is 2. The van der Waals surface area contributed by atoms with Crippen LogP contribution in [0.25, 0.3) is 0 Å². The Morgan fingerprint density at radius 3 is 2.94 bits per heavy atom. The molecule has 1 aliphatic heterocycles. The van der Waals surface area contributed by atoms with Gasteiger partial charge >= 0.3 is 0 Å². The molecule has 4 N–H and O–H groups in total. The molecule has 1 fully saturated rings. The molecule has 1 aliphatic rings. The smallest absolute Gasteiger partial charge is 0.222 e. The van der Waals surface area contributed by atoms with E-state index >= 15 is 0 Å². The largest absolute Gasteiger partial charge is 0.481 e. The van der Waals surface area contributed by atoms with E-state index in [4.69, 9.17) is 16.2 Å². The Morgan fingerprint density at radius 2 is 2.35 bits per heavy atom. The molecule has 1 aromatic rings. The summed E-state index contributed by atoms with van der Waals surface area (Å²) in [6.45, 7) is 1.30. The average Bonchev–Trinajstić information content (AvgIpc) is 2.79. The zero-order valence-electron chi connectivity index (χ0n) is 9.72. The van der Waals surface area contributed by atoms with Crippen molar-refractivity contribution in [1.82, 2.24) is 4.98 Å². The summed E-state index contributed by atoms with van der Waals surface area (Å²) >= 11 is 0. The first-order chi connectivity index (χ1) is 8.11. The lowest BCUT2D eigenvalue weighted by Gasteiger charge is -2.19. The van der Waals surface area contributed by atoms with Crippen LogP contribution < -0.4 is 21.1 Å². The van der Waals surface area contributed by atoms with Gasteiger partial charge in [0, 0.05) is 19.2 Å². The van der Waals surface area contributed by atoms with Crippen LogP contribution >= 0.6 is 0 Å². The van der Waals surface area contributed by atoms with Gasteiger partial charge in [-0.3, -0.25) is 4.79 Å². The summed E-state index contributed by atoms with van der Waals surface area (Å²) < 4.78 is 5.06. The number of pyridine rings is 1. The lowest BCUT2D eigenvalue weighted by Crippen LogP contribution is -2.28. The number of carbonyl (C=O) groups is 1. The summed E-state index contributed by atoms with van der Waals surface area (Å²) in [6, 6.07) is 3.46. The second-order valence-corrected chi connectivity index (χ2v) is 4.10. The number of amides is 1. The van der Waals surface area contributed by atoms with Crippen LogP contribution in [0.4, 0.5) is 11.5 Å². The minimum Gasteiger partial charge on any atom is -0.481 e. The lowest BCUT2D eigenvalue weighted by molar-refractivity contribution is -0.121. The fourth-order valence-electron chi connectivity index (χ4n) is 1.99. The Hall–Kier alpha value is -1.98. The Bertz CT molecular complexity index is 435. The molecule has 92 valence electrons. The van der Waals surface area contributed by atoms with Crippen molar-refractivity contribution in [2.24, 2.45) is 11.7 Å². The molecule has 0 spiro atoms. The molecular weight excluding hydrogens is 220 g/mol. The van der Waals surface area contributed by atoms with E-state index in [2.05, 4.69) is 4.98 Å². The van der Waals surface area contributed by atoms with Gasteiger partial charge in [0.25, 0.3) is 0 Å². The first-order valence-electron chi connectivity index (χ1n) is 5.46. The molecule has 1 atom stereocenters. The van der Waals surface area contributed by atoms with E-state index in [9.17, 15) is 4.79 Å². The third kappa shape index (κ3) is 2.25. The van der Waals surface area contributed by atoms with Gasteiger partial charge in [-0.05, 0) is 12.5 Å². The highest BCUT2D eigenvalue weighted by molar-refractivity contribution is 5.78. The molecule has 0 radical (unpaired) electrons.